The van der Waals surface area contributed by atoms with Crippen molar-refractivity contribution in [3.8, 4) is 5.75 Å². The van der Waals surface area contributed by atoms with Crippen LogP contribution in [-0.4, -0.2) is 84.9 Å². The molecule has 2 aliphatic heterocycles. The number of carbonyl (C=O) groups excluding carboxylic acids is 3. The van der Waals surface area contributed by atoms with Gasteiger partial charge in [-0.15, -0.1) is 0 Å². The zero-order valence-corrected chi connectivity index (χ0v) is 23.6. The van der Waals surface area contributed by atoms with Crippen LogP contribution in [0.15, 0.2) is 79.0 Å². The predicted molar refractivity (Wildman–Crippen MR) is 156 cm³/mol. The molecule has 0 saturated carbocycles. The molecule has 4 amide bonds. The number of rotatable bonds is 6. The molecule has 11 heteroatoms. The molecule has 1 aromatic heterocycles. The van der Waals surface area contributed by atoms with E-state index in [0.29, 0.717) is 13.1 Å². The summed E-state index contributed by atoms with van der Waals surface area (Å²) in [6.45, 7) is 0.729. The number of hydrazine groups is 1. The average molecular weight is 568 g/mol. The number of benzene rings is 3. The maximum absolute atomic E-state index is 14.2. The number of fused-ring (bicyclic) bond motifs is 2. The molecule has 0 radical (unpaired) electrons. The first kappa shape index (κ1) is 27.3. The van der Waals surface area contributed by atoms with E-state index < -0.39 is 12.2 Å². The number of aromatic hydroxyl groups is 1. The Morgan fingerprint density at radius 3 is 2.50 bits per heavy atom. The zero-order chi connectivity index (χ0) is 29.4. The summed E-state index contributed by atoms with van der Waals surface area (Å²) in [5, 5.41) is 21.3. The predicted octanol–water partition coefficient (Wildman–Crippen LogP) is 2.46. The Hall–Kier alpha value is -4.90. The van der Waals surface area contributed by atoms with Gasteiger partial charge in [0, 0.05) is 39.0 Å². The highest BCUT2D eigenvalue weighted by molar-refractivity contribution is 5.92. The largest absolute Gasteiger partial charge is 0.508 e. The fraction of sp³-hybridized carbons (Fsp3) is 0.290. The van der Waals surface area contributed by atoms with Crippen molar-refractivity contribution in [2.75, 3.05) is 20.1 Å². The molecule has 2 aliphatic rings. The van der Waals surface area contributed by atoms with E-state index in [1.807, 2.05) is 55.6 Å². The van der Waals surface area contributed by atoms with Crippen LogP contribution >= 0.6 is 0 Å². The van der Waals surface area contributed by atoms with Crippen molar-refractivity contribution in [1.82, 2.24) is 34.9 Å². The summed E-state index contributed by atoms with van der Waals surface area (Å²) >= 11 is 0. The van der Waals surface area contributed by atoms with Crippen molar-refractivity contribution in [3.63, 3.8) is 0 Å². The molecular formula is C31H33N7O4. The normalized spacial score (nSPS) is 19.3. The van der Waals surface area contributed by atoms with E-state index in [1.54, 1.807) is 62.0 Å². The summed E-state index contributed by atoms with van der Waals surface area (Å²) in [6.07, 6.45) is 1.33. The van der Waals surface area contributed by atoms with Crippen molar-refractivity contribution in [2.45, 2.75) is 31.7 Å². The number of para-hydroxylation sites is 1. The van der Waals surface area contributed by atoms with Gasteiger partial charge in [-0.2, -0.15) is 5.10 Å². The summed E-state index contributed by atoms with van der Waals surface area (Å²) in [6, 6.07) is 21.0. The fourth-order valence-electron chi connectivity index (χ4n) is 6.01. The van der Waals surface area contributed by atoms with Crippen molar-refractivity contribution in [3.05, 3.63) is 95.7 Å². The van der Waals surface area contributed by atoms with Crippen LogP contribution in [0.1, 0.15) is 16.7 Å². The number of phenolic OH excluding ortho intramolecular Hbond substituents is 1. The highest BCUT2D eigenvalue weighted by atomic mass is 16.3. The van der Waals surface area contributed by atoms with Crippen molar-refractivity contribution in [2.24, 2.45) is 7.05 Å². The number of hydrogen-bond acceptors (Lipinski definition) is 6. The number of carbonyl (C=O) groups is 3. The van der Waals surface area contributed by atoms with Crippen LogP contribution in [0.2, 0.25) is 0 Å². The molecule has 0 spiro atoms. The Morgan fingerprint density at radius 2 is 1.74 bits per heavy atom. The summed E-state index contributed by atoms with van der Waals surface area (Å²) in [4.78, 5) is 44.7. The van der Waals surface area contributed by atoms with Crippen molar-refractivity contribution < 1.29 is 19.5 Å². The van der Waals surface area contributed by atoms with Gasteiger partial charge in [-0.25, -0.2) is 14.8 Å². The number of piperazine rings is 1. The van der Waals surface area contributed by atoms with Crippen LogP contribution in [0, 0.1) is 0 Å². The molecule has 2 saturated heterocycles. The van der Waals surface area contributed by atoms with Gasteiger partial charge in [-0.05, 0) is 28.8 Å². The van der Waals surface area contributed by atoms with Gasteiger partial charge in [0.2, 0.25) is 11.8 Å². The van der Waals surface area contributed by atoms with E-state index in [4.69, 9.17) is 0 Å². The second-order valence-electron chi connectivity index (χ2n) is 10.8. The van der Waals surface area contributed by atoms with Gasteiger partial charge >= 0.3 is 6.03 Å². The molecule has 3 aromatic carbocycles. The number of nitrogens with zero attached hydrogens (tertiary/aromatic N) is 6. The van der Waals surface area contributed by atoms with Crippen LogP contribution in [0.3, 0.4) is 0 Å². The molecule has 2 N–H and O–H groups in total. The van der Waals surface area contributed by atoms with E-state index in [9.17, 15) is 19.5 Å². The topological polar surface area (TPSA) is 114 Å². The standard InChI is InChI=1S/C31H33N7O4/c1-34-20-28(40)37-26(15-21-11-13-25(39)14-12-21)30(41)36(18-24-10-6-9-23-17-33-35(2)29(23)24)19-27(37)38(34)31(42)32-16-22-7-4-3-5-8-22/h3-14,17,26-27,39H,15-16,18-20H2,1-2H3,(H,32,42)/t26-,27-/m0/s1. The Balaban J connectivity index is 1.35. The average Bonchev–Trinajstić information content (AvgIpc) is 3.37. The number of hydrogen-bond donors (Lipinski definition) is 2. The first-order valence-corrected chi connectivity index (χ1v) is 13.9. The van der Waals surface area contributed by atoms with Crippen LogP contribution in [0.25, 0.3) is 10.9 Å². The second-order valence-corrected chi connectivity index (χ2v) is 10.8. The van der Waals surface area contributed by atoms with Crippen LogP contribution in [0.4, 0.5) is 4.79 Å². The molecule has 2 fully saturated rings. The monoisotopic (exact) mass is 567 g/mol. The van der Waals surface area contributed by atoms with E-state index in [1.165, 1.54) is 0 Å². The van der Waals surface area contributed by atoms with Crippen LogP contribution in [0.5, 0.6) is 5.75 Å². The third-order valence-electron chi connectivity index (χ3n) is 8.01. The highest BCUT2D eigenvalue weighted by Crippen LogP contribution is 2.30. The van der Waals surface area contributed by atoms with Gasteiger partial charge in [0.1, 0.15) is 18.0 Å². The van der Waals surface area contributed by atoms with Gasteiger partial charge < -0.3 is 20.2 Å². The molecule has 0 unspecified atom stereocenters. The minimum atomic E-state index is -0.829. The summed E-state index contributed by atoms with van der Waals surface area (Å²) in [5.74, 6) is -0.296. The molecule has 11 nitrogen and oxygen atoms in total. The molecule has 4 aromatic rings. The van der Waals surface area contributed by atoms with Gasteiger partial charge in [0.15, 0.2) is 0 Å². The molecule has 0 aliphatic carbocycles. The Kier molecular flexibility index (Phi) is 7.26. The number of amides is 4. The Morgan fingerprint density at radius 1 is 0.976 bits per heavy atom. The molecular weight excluding hydrogens is 534 g/mol. The SMILES string of the molecule is CN1CC(=O)N2[C@@H](Cc3ccc(O)cc3)C(=O)N(Cc3cccc4cnn(C)c34)C[C@@H]2N1C(=O)NCc1ccccc1. The molecule has 216 valence electrons. The second kappa shape index (κ2) is 11.2. The van der Waals surface area contributed by atoms with Gasteiger partial charge in [-0.3, -0.25) is 14.3 Å². The fourth-order valence-corrected chi connectivity index (χ4v) is 6.01. The zero-order valence-electron chi connectivity index (χ0n) is 23.6. The lowest BCUT2D eigenvalue weighted by atomic mass is 9.98. The minimum Gasteiger partial charge on any atom is -0.508 e. The number of urea groups is 1. The molecule has 42 heavy (non-hydrogen) atoms. The Labute approximate surface area is 243 Å². The van der Waals surface area contributed by atoms with Crippen molar-refractivity contribution in [1.29, 1.82) is 0 Å². The quantitative estimate of drug-likeness (QED) is 0.370. The van der Waals surface area contributed by atoms with Crippen LogP contribution < -0.4 is 5.32 Å². The van der Waals surface area contributed by atoms with Crippen molar-refractivity contribution >= 4 is 28.7 Å². The lowest BCUT2D eigenvalue weighted by Crippen LogP contribution is -2.76. The van der Waals surface area contributed by atoms with E-state index in [2.05, 4.69) is 10.4 Å². The number of aromatic nitrogens is 2. The molecule has 6 rings (SSSR count). The summed E-state index contributed by atoms with van der Waals surface area (Å²) < 4.78 is 1.79. The van der Waals surface area contributed by atoms with Crippen LogP contribution in [-0.2, 0) is 36.1 Å². The number of nitrogens with one attached hydrogen (secondary N) is 1. The highest BCUT2D eigenvalue weighted by Gasteiger charge is 2.50. The molecule has 3 heterocycles. The first-order chi connectivity index (χ1) is 20.3. The van der Waals surface area contributed by atoms with Gasteiger partial charge in [-0.1, -0.05) is 60.7 Å². The lowest BCUT2D eigenvalue weighted by Gasteiger charge is -2.54. The number of aryl methyl sites for hydroxylation is 1. The minimum absolute atomic E-state index is 0.0387. The maximum atomic E-state index is 14.2. The lowest BCUT2D eigenvalue weighted by molar-refractivity contribution is -0.187. The first-order valence-electron chi connectivity index (χ1n) is 13.9. The third kappa shape index (κ3) is 5.14. The maximum Gasteiger partial charge on any atom is 0.334 e. The van der Waals surface area contributed by atoms with Gasteiger partial charge in [0.25, 0.3) is 0 Å². The van der Waals surface area contributed by atoms with E-state index >= 15 is 0 Å². The summed E-state index contributed by atoms with van der Waals surface area (Å²) in [7, 11) is 3.58. The molecule has 0 bridgehead atoms. The smallest absolute Gasteiger partial charge is 0.334 e. The number of phenols is 1. The molecule has 2 atom stereocenters. The Bertz CT molecular complexity index is 1620. The van der Waals surface area contributed by atoms with Gasteiger partial charge in [0.05, 0.1) is 24.8 Å². The van der Waals surface area contributed by atoms with E-state index in [0.717, 1.165) is 27.6 Å². The summed E-state index contributed by atoms with van der Waals surface area (Å²) in [5.41, 5.74) is 3.60. The number of likely N-dealkylation sites (N-methyl/N-ethyl adjacent to an activating group) is 1. The van der Waals surface area contributed by atoms with E-state index in [-0.39, 0.29) is 43.1 Å². The third-order valence-corrected chi connectivity index (χ3v) is 8.01.